The number of fused-ring (bicyclic) bond motifs is 12. The molecular formula is C57H32N4O2. The maximum atomic E-state index is 7.13. The van der Waals surface area contributed by atoms with Gasteiger partial charge in [-0.3, -0.25) is 0 Å². The van der Waals surface area contributed by atoms with E-state index in [4.69, 9.17) is 23.8 Å². The molecule has 0 bridgehead atoms. The molecule has 14 rings (SSSR count). The fraction of sp³-hybridized carbons (Fsp3) is 0. The minimum atomic E-state index is 0.550. The van der Waals surface area contributed by atoms with Gasteiger partial charge in [-0.1, -0.05) is 133 Å². The molecule has 0 aliphatic heterocycles. The topological polar surface area (TPSA) is 69.9 Å². The number of nitrogens with zero attached hydrogens (tertiary/aromatic N) is 4. The standard InChI is InChI=1S/C57H32N4O2/c1-2-13-34-28-39(25-24-33(34)12-1)55-58-56(42-20-11-23-50-52(42)41-19-8-10-22-49(41)62-50)60-57(59-55)43-26-27-47(54-53(43)45-30-36-15-4-6-17-38(36)32-51(45)63-54)61-46-21-9-7-18-40(46)44-29-35-14-3-5-16-37(35)31-48(44)61/h1-32H. The summed E-state index contributed by atoms with van der Waals surface area (Å²) in [5.41, 5.74) is 8.91. The van der Waals surface area contributed by atoms with Gasteiger partial charge in [-0.15, -0.1) is 0 Å². The molecule has 0 aliphatic rings. The summed E-state index contributed by atoms with van der Waals surface area (Å²) in [4.78, 5) is 16.1. The van der Waals surface area contributed by atoms with Crippen LogP contribution < -0.4 is 0 Å². The molecule has 0 unspecified atom stereocenters. The number of furan rings is 2. The van der Waals surface area contributed by atoms with Gasteiger partial charge < -0.3 is 13.4 Å². The summed E-state index contributed by atoms with van der Waals surface area (Å²) in [5, 5.41) is 13.1. The van der Waals surface area contributed by atoms with Gasteiger partial charge in [0.2, 0.25) is 0 Å². The SMILES string of the molecule is c1ccc2cc(-c3nc(-c4cccc5oc6ccccc6c45)nc(-c4ccc(-n5c6ccccc6c6cc7ccccc7cc65)c5oc6cc7ccccc7cc6c45)n3)ccc2c1. The number of para-hydroxylation sites is 2. The molecule has 0 radical (unpaired) electrons. The summed E-state index contributed by atoms with van der Waals surface area (Å²) >= 11 is 0. The first-order valence-corrected chi connectivity index (χ1v) is 21.2. The Morgan fingerprint density at radius 1 is 0.333 bits per heavy atom. The maximum absolute atomic E-state index is 7.13. The van der Waals surface area contributed by atoms with Crippen molar-refractivity contribution in [1.82, 2.24) is 19.5 Å². The average molecular weight is 805 g/mol. The van der Waals surface area contributed by atoms with E-state index in [1.165, 1.54) is 21.5 Å². The summed E-state index contributed by atoms with van der Waals surface area (Å²) in [6.07, 6.45) is 0. The number of hydrogen-bond acceptors (Lipinski definition) is 5. The quantitative estimate of drug-likeness (QED) is 0.177. The second-order valence-corrected chi connectivity index (χ2v) is 16.3. The molecular weight excluding hydrogens is 773 g/mol. The Bertz CT molecular complexity index is 4230. The molecule has 292 valence electrons. The van der Waals surface area contributed by atoms with E-state index in [0.29, 0.717) is 17.5 Å². The molecule has 0 fully saturated rings. The van der Waals surface area contributed by atoms with Crippen molar-refractivity contribution in [2.75, 3.05) is 0 Å². The van der Waals surface area contributed by atoms with Crippen LogP contribution in [-0.4, -0.2) is 19.5 Å². The molecule has 0 saturated heterocycles. The predicted molar refractivity (Wildman–Crippen MR) is 258 cm³/mol. The van der Waals surface area contributed by atoms with Crippen molar-refractivity contribution >= 4 is 98.0 Å². The molecule has 0 aliphatic carbocycles. The Hall–Kier alpha value is -8.61. The van der Waals surface area contributed by atoms with E-state index in [1.54, 1.807) is 0 Å². The van der Waals surface area contributed by atoms with Gasteiger partial charge in [0.05, 0.1) is 16.7 Å². The molecule has 0 atom stereocenters. The van der Waals surface area contributed by atoms with Crippen molar-refractivity contribution in [1.29, 1.82) is 0 Å². The lowest BCUT2D eigenvalue weighted by Gasteiger charge is -2.13. The fourth-order valence-corrected chi connectivity index (χ4v) is 9.86. The molecule has 0 spiro atoms. The molecule has 0 saturated carbocycles. The molecule has 10 aromatic carbocycles. The maximum Gasteiger partial charge on any atom is 0.164 e. The number of aromatic nitrogens is 4. The zero-order valence-electron chi connectivity index (χ0n) is 33.6. The normalized spacial score (nSPS) is 12.1. The van der Waals surface area contributed by atoms with Crippen molar-refractivity contribution in [3.8, 4) is 39.9 Å². The average Bonchev–Trinajstić information content (AvgIpc) is 4.01. The minimum absolute atomic E-state index is 0.550. The lowest BCUT2D eigenvalue weighted by atomic mass is 10.0. The number of hydrogen-bond donors (Lipinski definition) is 0. The Balaban J connectivity index is 1.10. The van der Waals surface area contributed by atoms with Crippen LogP contribution in [0.1, 0.15) is 0 Å². The van der Waals surface area contributed by atoms with Crippen molar-refractivity contribution in [2.45, 2.75) is 0 Å². The number of benzene rings is 10. The first-order chi connectivity index (χ1) is 31.2. The first kappa shape index (κ1) is 34.1. The molecule has 63 heavy (non-hydrogen) atoms. The second kappa shape index (κ2) is 12.9. The van der Waals surface area contributed by atoms with E-state index in [0.717, 1.165) is 98.8 Å². The van der Waals surface area contributed by atoms with Gasteiger partial charge >= 0.3 is 0 Å². The summed E-state index contributed by atoms with van der Waals surface area (Å²) in [6.45, 7) is 0. The van der Waals surface area contributed by atoms with Crippen LogP contribution in [0.5, 0.6) is 0 Å². The molecule has 4 heterocycles. The van der Waals surface area contributed by atoms with Crippen LogP contribution in [0.2, 0.25) is 0 Å². The third kappa shape index (κ3) is 5.09. The van der Waals surface area contributed by atoms with Crippen LogP contribution >= 0.6 is 0 Å². The largest absolute Gasteiger partial charge is 0.456 e. The summed E-state index contributed by atoms with van der Waals surface area (Å²) in [7, 11) is 0. The third-order valence-electron chi connectivity index (χ3n) is 12.8. The minimum Gasteiger partial charge on any atom is -0.456 e. The van der Waals surface area contributed by atoms with Crippen LogP contribution in [0, 0.1) is 0 Å². The summed E-state index contributed by atoms with van der Waals surface area (Å²) < 4.78 is 15.9. The Morgan fingerprint density at radius 3 is 1.73 bits per heavy atom. The monoisotopic (exact) mass is 804 g/mol. The van der Waals surface area contributed by atoms with Crippen LogP contribution in [0.25, 0.3) is 138 Å². The van der Waals surface area contributed by atoms with Gasteiger partial charge in [-0.05, 0) is 93.0 Å². The Morgan fingerprint density at radius 2 is 0.937 bits per heavy atom. The lowest BCUT2D eigenvalue weighted by Crippen LogP contribution is -2.01. The van der Waals surface area contributed by atoms with Crippen LogP contribution in [-0.2, 0) is 0 Å². The molecule has 0 N–H and O–H groups in total. The fourth-order valence-electron chi connectivity index (χ4n) is 9.86. The lowest BCUT2D eigenvalue weighted by molar-refractivity contribution is 0.667. The summed E-state index contributed by atoms with van der Waals surface area (Å²) in [6, 6.07) is 68.0. The van der Waals surface area contributed by atoms with Crippen molar-refractivity contribution in [3.63, 3.8) is 0 Å². The highest BCUT2D eigenvalue weighted by Crippen LogP contribution is 2.44. The highest BCUT2D eigenvalue weighted by Gasteiger charge is 2.24. The number of rotatable bonds is 4. The first-order valence-electron chi connectivity index (χ1n) is 21.2. The zero-order chi connectivity index (χ0) is 41.2. The van der Waals surface area contributed by atoms with Gasteiger partial charge in [-0.25, -0.2) is 15.0 Å². The smallest absolute Gasteiger partial charge is 0.164 e. The van der Waals surface area contributed by atoms with E-state index in [-0.39, 0.29) is 0 Å². The second-order valence-electron chi connectivity index (χ2n) is 16.3. The van der Waals surface area contributed by atoms with Gasteiger partial charge in [0, 0.05) is 49.0 Å². The third-order valence-corrected chi connectivity index (χ3v) is 12.8. The van der Waals surface area contributed by atoms with E-state index in [9.17, 15) is 0 Å². The van der Waals surface area contributed by atoms with Crippen molar-refractivity contribution in [3.05, 3.63) is 194 Å². The van der Waals surface area contributed by atoms with Gasteiger partial charge in [0.25, 0.3) is 0 Å². The van der Waals surface area contributed by atoms with Crippen LogP contribution in [0.15, 0.2) is 203 Å². The van der Waals surface area contributed by atoms with Crippen molar-refractivity contribution in [2.24, 2.45) is 0 Å². The van der Waals surface area contributed by atoms with E-state index in [1.807, 2.05) is 30.3 Å². The summed E-state index contributed by atoms with van der Waals surface area (Å²) in [5.74, 6) is 1.69. The molecule has 0 amide bonds. The molecule has 4 aromatic heterocycles. The van der Waals surface area contributed by atoms with E-state index < -0.39 is 0 Å². The van der Waals surface area contributed by atoms with E-state index in [2.05, 4.69) is 168 Å². The highest BCUT2D eigenvalue weighted by molar-refractivity contribution is 6.20. The van der Waals surface area contributed by atoms with Gasteiger partial charge in [0.15, 0.2) is 23.1 Å². The molecule has 14 aromatic rings. The molecule has 6 nitrogen and oxygen atoms in total. The van der Waals surface area contributed by atoms with Gasteiger partial charge in [-0.2, -0.15) is 0 Å². The Labute approximate surface area is 358 Å². The van der Waals surface area contributed by atoms with Crippen molar-refractivity contribution < 1.29 is 8.83 Å². The van der Waals surface area contributed by atoms with E-state index >= 15 is 0 Å². The predicted octanol–water partition coefficient (Wildman–Crippen LogP) is 15.2. The van der Waals surface area contributed by atoms with Crippen LogP contribution in [0.3, 0.4) is 0 Å². The zero-order valence-corrected chi connectivity index (χ0v) is 33.6. The molecule has 6 heteroatoms. The Kier molecular flexibility index (Phi) is 7.02. The highest BCUT2D eigenvalue weighted by atomic mass is 16.3. The van der Waals surface area contributed by atoms with Gasteiger partial charge in [0.1, 0.15) is 16.7 Å². The van der Waals surface area contributed by atoms with Crippen LogP contribution in [0.4, 0.5) is 0 Å².